The predicted octanol–water partition coefficient (Wildman–Crippen LogP) is 1.94. The van der Waals surface area contributed by atoms with Gasteiger partial charge in [0.05, 0.1) is 26.3 Å². The van der Waals surface area contributed by atoms with E-state index >= 15 is 0 Å². The van der Waals surface area contributed by atoms with Crippen LogP contribution in [0.15, 0.2) is 24.5 Å². The van der Waals surface area contributed by atoms with Gasteiger partial charge >= 0.3 is 13.6 Å². The number of carbonyl (C=O) groups excluding carboxylic acids is 2. The van der Waals surface area contributed by atoms with Crippen molar-refractivity contribution in [1.82, 2.24) is 10.3 Å². The van der Waals surface area contributed by atoms with Crippen LogP contribution in [0.1, 0.15) is 25.8 Å². The topological polar surface area (TPSA) is 104 Å². The van der Waals surface area contributed by atoms with Gasteiger partial charge in [0.2, 0.25) is 5.91 Å². The van der Waals surface area contributed by atoms with Gasteiger partial charge in [0.25, 0.3) is 0 Å². The molecule has 1 fully saturated rings. The zero-order valence-electron chi connectivity index (χ0n) is 15.3. The Morgan fingerprint density at radius 1 is 1.38 bits per heavy atom. The first-order valence-corrected chi connectivity index (χ1v) is 10.1. The highest BCUT2D eigenvalue weighted by atomic mass is 31.2. The van der Waals surface area contributed by atoms with E-state index in [1.54, 1.807) is 12.4 Å². The van der Waals surface area contributed by atoms with Gasteiger partial charge in [-0.2, -0.15) is 0 Å². The summed E-state index contributed by atoms with van der Waals surface area (Å²) < 4.78 is 28.6. The third-order valence-electron chi connectivity index (χ3n) is 4.13. The molecule has 2 heterocycles. The molecule has 1 unspecified atom stereocenters. The Balaban J connectivity index is 1.97. The molecule has 26 heavy (non-hydrogen) atoms. The van der Waals surface area contributed by atoms with E-state index in [-0.39, 0.29) is 25.7 Å². The second-order valence-electron chi connectivity index (χ2n) is 6.80. The first-order valence-electron chi connectivity index (χ1n) is 8.41. The Bertz CT molecular complexity index is 679. The highest BCUT2D eigenvalue weighted by Gasteiger charge is 2.47. The summed E-state index contributed by atoms with van der Waals surface area (Å²) in [5.74, 6) is -0.827. The third kappa shape index (κ3) is 5.62. The van der Waals surface area contributed by atoms with Crippen LogP contribution in [0.25, 0.3) is 0 Å². The number of nitrogens with zero attached hydrogens (tertiary/aromatic N) is 1. The number of aromatic nitrogens is 1. The lowest BCUT2D eigenvalue weighted by molar-refractivity contribution is -0.141. The molecule has 1 aliphatic heterocycles. The molecule has 0 aliphatic carbocycles. The van der Waals surface area contributed by atoms with Crippen LogP contribution < -0.4 is 5.32 Å². The summed E-state index contributed by atoms with van der Waals surface area (Å²) in [6, 6.07) is 3.66. The molecule has 2 atom stereocenters. The van der Waals surface area contributed by atoms with Crippen molar-refractivity contribution in [3.05, 3.63) is 30.1 Å². The van der Waals surface area contributed by atoms with Gasteiger partial charge in [-0.25, -0.2) is 0 Å². The normalized spacial score (nSPS) is 24.7. The number of esters is 1. The minimum absolute atomic E-state index is 0.0611. The number of pyridine rings is 1. The van der Waals surface area contributed by atoms with Gasteiger partial charge in [0, 0.05) is 24.4 Å². The quantitative estimate of drug-likeness (QED) is 0.566. The molecule has 1 aromatic rings. The van der Waals surface area contributed by atoms with Crippen molar-refractivity contribution in [2.45, 2.75) is 32.8 Å². The zero-order chi connectivity index (χ0) is 19.2. The van der Waals surface area contributed by atoms with E-state index in [2.05, 4.69) is 15.0 Å². The molecular formula is C17H25N2O6P. The van der Waals surface area contributed by atoms with Crippen LogP contribution in [0.4, 0.5) is 0 Å². The summed E-state index contributed by atoms with van der Waals surface area (Å²) in [6.45, 7) is 3.90. The van der Waals surface area contributed by atoms with Crippen molar-refractivity contribution in [2.24, 2.45) is 5.41 Å². The van der Waals surface area contributed by atoms with E-state index in [0.29, 0.717) is 6.42 Å². The molecule has 0 radical (unpaired) electrons. The van der Waals surface area contributed by atoms with Crippen molar-refractivity contribution in [1.29, 1.82) is 0 Å². The van der Waals surface area contributed by atoms with Crippen LogP contribution >= 0.6 is 7.60 Å². The Labute approximate surface area is 153 Å². The van der Waals surface area contributed by atoms with E-state index in [9.17, 15) is 14.2 Å². The maximum Gasteiger partial charge on any atom is 0.331 e. The Hall–Kier alpha value is -1.76. The van der Waals surface area contributed by atoms with Gasteiger partial charge in [-0.1, -0.05) is 13.8 Å². The van der Waals surface area contributed by atoms with E-state index in [1.807, 2.05) is 26.0 Å². The van der Waals surface area contributed by atoms with Crippen LogP contribution in [0.3, 0.4) is 0 Å². The van der Waals surface area contributed by atoms with Crippen molar-refractivity contribution in [2.75, 3.05) is 26.4 Å². The van der Waals surface area contributed by atoms with E-state index < -0.39 is 31.0 Å². The van der Waals surface area contributed by atoms with Gasteiger partial charge in [-0.15, -0.1) is 0 Å². The largest absolute Gasteiger partial charge is 0.469 e. The average molecular weight is 384 g/mol. The van der Waals surface area contributed by atoms with Crippen molar-refractivity contribution < 1.29 is 27.9 Å². The van der Waals surface area contributed by atoms with Crippen LogP contribution in [0.2, 0.25) is 0 Å². The molecule has 144 valence electrons. The van der Waals surface area contributed by atoms with Gasteiger partial charge in [0.1, 0.15) is 0 Å². The Morgan fingerprint density at radius 3 is 2.73 bits per heavy atom. The van der Waals surface area contributed by atoms with Gasteiger partial charge in [0.15, 0.2) is 6.10 Å². The predicted molar refractivity (Wildman–Crippen MR) is 94.7 cm³/mol. The standard InChI is InChI=1S/C17H25N2O6P/c1-17(2)12-24-26(22,11-7-13-4-8-18-9-5-13)25-15(17)16(21)19-10-6-14(20)23-3/h4-5,8-9,15H,6-7,10-12H2,1-3H3,(H,19,21)/t15-,26?/m0/s1. The summed E-state index contributed by atoms with van der Waals surface area (Å²) in [7, 11) is -2.11. The number of carbonyl (C=O) groups is 2. The van der Waals surface area contributed by atoms with E-state index in [4.69, 9.17) is 9.05 Å². The second kappa shape index (κ2) is 8.75. The number of ether oxygens (including phenoxy) is 1. The molecular weight excluding hydrogens is 359 g/mol. The molecule has 2 rings (SSSR count). The van der Waals surface area contributed by atoms with E-state index in [0.717, 1.165) is 5.56 Å². The lowest BCUT2D eigenvalue weighted by Gasteiger charge is -2.40. The number of hydrogen-bond acceptors (Lipinski definition) is 7. The highest BCUT2D eigenvalue weighted by Crippen LogP contribution is 2.56. The summed E-state index contributed by atoms with van der Waals surface area (Å²) in [5, 5.41) is 2.64. The summed E-state index contributed by atoms with van der Waals surface area (Å²) in [5.41, 5.74) is 0.325. The average Bonchev–Trinajstić information content (AvgIpc) is 2.63. The highest BCUT2D eigenvalue weighted by molar-refractivity contribution is 7.53. The van der Waals surface area contributed by atoms with Gasteiger partial charge in [-0.05, 0) is 24.1 Å². The number of amides is 1. The maximum atomic E-state index is 12.9. The number of hydrogen-bond donors (Lipinski definition) is 1. The molecule has 0 aromatic carbocycles. The monoisotopic (exact) mass is 384 g/mol. The molecule has 0 bridgehead atoms. The molecule has 1 aliphatic rings. The first-order chi connectivity index (χ1) is 12.3. The fourth-order valence-electron chi connectivity index (χ4n) is 2.49. The third-order valence-corrected chi connectivity index (χ3v) is 5.95. The molecule has 8 nitrogen and oxygen atoms in total. The second-order valence-corrected chi connectivity index (χ2v) is 8.94. The smallest absolute Gasteiger partial charge is 0.331 e. The number of aryl methyl sites for hydroxylation is 1. The molecule has 0 saturated carbocycles. The summed E-state index contributed by atoms with van der Waals surface area (Å²) in [4.78, 5) is 27.6. The fraction of sp³-hybridized carbons (Fsp3) is 0.588. The lowest BCUT2D eigenvalue weighted by Crippen LogP contribution is -2.50. The SMILES string of the molecule is COC(=O)CCNC(=O)[C@@H]1OP(=O)(CCc2ccncc2)OCC1(C)C. The van der Waals surface area contributed by atoms with Crippen LogP contribution in [-0.2, 0) is 34.4 Å². The molecule has 1 N–H and O–H groups in total. The minimum Gasteiger partial charge on any atom is -0.469 e. The molecule has 9 heteroatoms. The number of methoxy groups -OCH3 is 1. The van der Waals surface area contributed by atoms with E-state index in [1.165, 1.54) is 7.11 Å². The summed E-state index contributed by atoms with van der Waals surface area (Å²) in [6.07, 6.45) is 3.14. The van der Waals surface area contributed by atoms with Crippen LogP contribution in [0.5, 0.6) is 0 Å². The van der Waals surface area contributed by atoms with Crippen molar-refractivity contribution >= 4 is 19.5 Å². The molecule has 1 saturated heterocycles. The van der Waals surface area contributed by atoms with Crippen molar-refractivity contribution in [3.8, 4) is 0 Å². The van der Waals surface area contributed by atoms with Gasteiger partial charge in [-0.3, -0.25) is 23.7 Å². The summed E-state index contributed by atoms with van der Waals surface area (Å²) >= 11 is 0. The number of nitrogens with one attached hydrogen (secondary N) is 1. The minimum atomic E-state index is -3.40. The molecule has 1 amide bonds. The van der Waals surface area contributed by atoms with Crippen LogP contribution in [-0.4, -0.2) is 49.4 Å². The molecule has 1 aromatic heterocycles. The van der Waals surface area contributed by atoms with Gasteiger partial charge < -0.3 is 14.6 Å². The maximum absolute atomic E-state index is 12.9. The Morgan fingerprint density at radius 2 is 2.08 bits per heavy atom. The number of rotatable bonds is 7. The van der Waals surface area contributed by atoms with Crippen LogP contribution in [0, 0.1) is 5.41 Å². The molecule has 0 spiro atoms. The fourth-order valence-corrected chi connectivity index (χ4v) is 4.55. The first kappa shape index (κ1) is 20.6. The Kier molecular flexibility index (Phi) is 6.92. The lowest BCUT2D eigenvalue weighted by atomic mass is 9.87. The van der Waals surface area contributed by atoms with Crippen molar-refractivity contribution in [3.63, 3.8) is 0 Å². The zero-order valence-corrected chi connectivity index (χ0v) is 16.2.